The van der Waals surface area contributed by atoms with Gasteiger partial charge in [0.1, 0.15) is 0 Å². The molecule has 0 atom stereocenters. The maximum Gasteiger partial charge on any atom is 0.360 e. The third-order valence-corrected chi connectivity index (χ3v) is 4.60. The van der Waals surface area contributed by atoms with Crippen molar-refractivity contribution in [3.8, 4) is 5.69 Å². The van der Waals surface area contributed by atoms with Crippen molar-refractivity contribution in [1.82, 2.24) is 9.78 Å². The molecule has 0 aliphatic heterocycles. The van der Waals surface area contributed by atoms with Crippen molar-refractivity contribution < 1.29 is 9.90 Å². The van der Waals surface area contributed by atoms with Crippen molar-refractivity contribution in [3.63, 3.8) is 0 Å². The molecule has 1 heterocycles. The summed E-state index contributed by atoms with van der Waals surface area (Å²) in [4.78, 5) is 23.0. The summed E-state index contributed by atoms with van der Waals surface area (Å²) in [6.45, 7) is 1.75. The van der Waals surface area contributed by atoms with Gasteiger partial charge in [0.05, 0.1) is 15.7 Å². The topological polar surface area (TPSA) is 72.2 Å². The SMILES string of the molecule is CCc1cn(-c2ccc(Br)c(Cl)c2Cl)nc(C(=O)O)c1=O. The first-order chi connectivity index (χ1) is 9.86. The van der Waals surface area contributed by atoms with Crippen molar-refractivity contribution in [2.75, 3.05) is 0 Å². The average molecular weight is 392 g/mol. The minimum absolute atomic E-state index is 0.209. The minimum Gasteiger partial charge on any atom is -0.476 e. The quantitative estimate of drug-likeness (QED) is 0.812. The largest absolute Gasteiger partial charge is 0.476 e. The van der Waals surface area contributed by atoms with Gasteiger partial charge < -0.3 is 5.11 Å². The van der Waals surface area contributed by atoms with Gasteiger partial charge in [-0.15, -0.1) is 0 Å². The first-order valence-electron chi connectivity index (χ1n) is 5.86. The number of aromatic carboxylic acids is 1. The predicted octanol–water partition coefficient (Wildman–Crippen LogP) is 3.56. The molecule has 1 N–H and O–H groups in total. The molecule has 1 aromatic heterocycles. The third-order valence-electron chi connectivity index (χ3n) is 2.84. The fourth-order valence-corrected chi connectivity index (χ4v) is 2.60. The lowest BCUT2D eigenvalue weighted by Gasteiger charge is -2.11. The summed E-state index contributed by atoms with van der Waals surface area (Å²) in [5.41, 5.74) is -0.426. The predicted molar refractivity (Wildman–Crippen MR) is 83.9 cm³/mol. The molecule has 0 saturated heterocycles. The molecular weight excluding hydrogens is 383 g/mol. The van der Waals surface area contributed by atoms with Crippen LogP contribution in [0.1, 0.15) is 23.0 Å². The lowest BCUT2D eigenvalue weighted by atomic mass is 10.2. The zero-order valence-corrected chi connectivity index (χ0v) is 13.8. The Morgan fingerprint density at radius 1 is 1.38 bits per heavy atom. The van der Waals surface area contributed by atoms with Crippen LogP contribution in [-0.2, 0) is 6.42 Å². The van der Waals surface area contributed by atoms with Crippen LogP contribution in [-0.4, -0.2) is 20.9 Å². The zero-order chi connectivity index (χ0) is 15.7. The minimum atomic E-state index is -1.39. The van der Waals surface area contributed by atoms with Crippen LogP contribution in [0.3, 0.4) is 0 Å². The molecule has 0 spiro atoms. The second kappa shape index (κ2) is 6.17. The zero-order valence-electron chi connectivity index (χ0n) is 10.7. The Morgan fingerprint density at radius 2 is 2.05 bits per heavy atom. The lowest BCUT2D eigenvalue weighted by Crippen LogP contribution is -2.24. The monoisotopic (exact) mass is 390 g/mol. The number of hydrogen-bond donors (Lipinski definition) is 1. The Morgan fingerprint density at radius 3 is 2.62 bits per heavy atom. The standard InChI is InChI=1S/C13H9BrCl2N2O3/c1-2-6-5-18(17-11(12(6)19)13(20)21)8-4-3-7(14)9(15)10(8)16/h3-5H,2H2,1H3,(H,20,21). The molecule has 0 saturated carbocycles. The Kier molecular flexibility index (Phi) is 4.70. The van der Waals surface area contributed by atoms with Crippen LogP contribution in [0.25, 0.3) is 5.69 Å². The summed E-state index contributed by atoms with van der Waals surface area (Å²) in [5, 5.41) is 13.4. The maximum absolute atomic E-state index is 11.9. The van der Waals surface area contributed by atoms with E-state index in [9.17, 15) is 9.59 Å². The number of benzene rings is 1. The van der Waals surface area contributed by atoms with Gasteiger partial charge in [-0.2, -0.15) is 5.10 Å². The van der Waals surface area contributed by atoms with Gasteiger partial charge in [0, 0.05) is 16.2 Å². The molecule has 1 aromatic carbocycles. The van der Waals surface area contributed by atoms with E-state index in [0.29, 0.717) is 22.1 Å². The van der Waals surface area contributed by atoms with E-state index in [0.717, 1.165) is 0 Å². The van der Waals surface area contributed by atoms with E-state index < -0.39 is 17.1 Å². The van der Waals surface area contributed by atoms with E-state index in [4.69, 9.17) is 28.3 Å². The summed E-state index contributed by atoms with van der Waals surface area (Å²) in [6.07, 6.45) is 1.84. The van der Waals surface area contributed by atoms with Gasteiger partial charge in [-0.3, -0.25) is 4.79 Å². The normalized spacial score (nSPS) is 10.7. The Labute approximate surface area is 138 Å². The molecule has 2 aromatic rings. The summed E-state index contributed by atoms with van der Waals surface area (Å²) >= 11 is 15.4. The van der Waals surface area contributed by atoms with Gasteiger partial charge >= 0.3 is 5.97 Å². The third kappa shape index (κ3) is 2.97. The first-order valence-corrected chi connectivity index (χ1v) is 7.41. The summed E-state index contributed by atoms with van der Waals surface area (Å²) in [6, 6.07) is 3.29. The highest BCUT2D eigenvalue weighted by atomic mass is 79.9. The van der Waals surface area contributed by atoms with Crippen LogP contribution < -0.4 is 5.43 Å². The highest BCUT2D eigenvalue weighted by Gasteiger charge is 2.17. The number of rotatable bonds is 3. The molecule has 0 radical (unpaired) electrons. The second-order valence-electron chi connectivity index (χ2n) is 4.13. The molecule has 0 unspecified atom stereocenters. The lowest BCUT2D eigenvalue weighted by molar-refractivity contribution is 0.0686. The number of carbonyl (C=O) groups is 1. The highest BCUT2D eigenvalue weighted by molar-refractivity contribution is 9.10. The summed E-state index contributed by atoms with van der Waals surface area (Å²) < 4.78 is 1.86. The highest BCUT2D eigenvalue weighted by Crippen LogP contribution is 2.34. The molecule has 21 heavy (non-hydrogen) atoms. The van der Waals surface area contributed by atoms with Crippen LogP contribution in [0.4, 0.5) is 0 Å². The number of carboxylic acids is 1. The van der Waals surface area contributed by atoms with Gasteiger partial charge in [0.2, 0.25) is 11.1 Å². The molecule has 8 heteroatoms. The van der Waals surface area contributed by atoms with Crippen LogP contribution in [0, 0.1) is 0 Å². The second-order valence-corrected chi connectivity index (χ2v) is 5.74. The van der Waals surface area contributed by atoms with Gasteiger partial charge in [-0.25, -0.2) is 9.48 Å². The van der Waals surface area contributed by atoms with Gasteiger partial charge in [0.25, 0.3) is 0 Å². The smallest absolute Gasteiger partial charge is 0.360 e. The number of nitrogens with zero attached hydrogens (tertiary/aromatic N) is 2. The van der Waals surface area contributed by atoms with Crippen molar-refractivity contribution >= 4 is 45.1 Å². The van der Waals surface area contributed by atoms with Crippen molar-refractivity contribution in [3.05, 3.63) is 54.3 Å². The summed E-state index contributed by atoms with van der Waals surface area (Å²) in [7, 11) is 0. The van der Waals surface area contributed by atoms with E-state index in [1.165, 1.54) is 10.9 Å². The fraction of sp³-hybridized carbons (Fsp3) is 0.154. The number of aromatic nitrogens is 2. The van der Waals surface area contributed by atoms with Crippen LogP contribution >= 0.6 is 39.1 Å². The molecule has 0 aliphatic carbocycles. The molecule has 0 aliphatic rings. The van der Waals surface area contributed by atoms with Gasteiger partial charge in [0.15, 0.2) is 0 Å². The van der Waals surface area contributed by atoms with E-state index in [1.807, 2.05) is 0 Å². The van der Waals surface area contributed by atoms with Crippen molar-refractivity contribution in [1.29, 1.82) is 0 Å². The Bertz CT molecular complexity index is 790. The summed E-state index contributed by atoms with van der Waals surface area (Å²) in [5.74, 6) is -1.39. The Balaban J connectivity index is 2.76. The molecule has 5 nitrogen and oxygen atoms in total. The molecule has 2 rings (SSSR count). The molecule has 110 valence electrons. The average Bonchev–Trinajstić information content (AvgIpc) is 2.45. The number of halogens is 3. The molecule has 0 fully saturated rings. The van der Waals surface area contributed by atoms with Crippen LogP contribution in [0.2, 0.25) is 10.0 Å². The van der Waals surface area contributed by atoms with Crippen molar-refractivity contribution in [2.45, 2.75) is 13.3 Å². The van der Waals surface area contributed by atoms with E-state index in [-0.39, 0.29) is 10.0 Å². The maximum atomic E-state index is 11.9. The van der Waals surface area contributed by atoms with Crippen LogP contribution in [0.5, 0.6) is 0 Å². The van der Waals surface area contributed by atoms with Gasteiger partial charge in [-0.05, 0) is 34.5 Å². The molecular formula is C13H9BrCl2N2O3. The van der Waals surface area contributed by atoms with Crippen molar-refractivity contribution in [2.24, 2.45) is 0 Å². The molecule has 0 amide bonds. The number of hydrogen-bond acceptors (Lipinski definition) is 3. The number of aryl methyl sites for hydroxylation is 1. The Hall–Kier alpha value is -1.37. The van der Waals surface area contributed by atoms with E-state index in [1.54, 1.807) is 19.1 Å². The van der Waals surface area contributed by atoms with E-state index >= 15 is 0 Å². The first kappa shape index (κ1) is 16.0. The molecule has 0 bridgehead atoms. The number of carboxylic acid groups (broad SMARTS) is 1. The van der Waals surface area contributed by atoms with E-state index in [2.05, 4.69) is 21.0 Å². The fourth-order valence-electron chi connectivity index (χ4n) is 1.75. The van der Waals surface area contributed by atoms with Crippen LogP contribution in [0.15, 0.2) is 27.6 Å². The van der Waals surface area contributed by atoms with Gasteiger partial charge in [-0.1, -0.05) is 30.1 Å².